The molecule has 0 radical (unpaired) electrons. The van der Waals surface area contributed by atoms with Crippen molar-refractivity contribution in [2.45, 2.75) is 38.9 Å². The Kier molecular flexibility index (Phi) is 7.56. The van der Waals surface area contributed by atoms with Crippen molar-refractivity contribution in [1.29, 1.82) is 0 Å². The Balaban J connectivity index is 2.53. The minimum absolute atomic E-state index is 0.176. The first-order chi connectivity index (χ1) is 10.4. The van der Waals surface area contributed by atoms with Crippen molar-refractivity contribution in [3.63, 3.8) is 0 Å². The molecular weight excluding hydrogens is 286 g/mol. The molecule has 22 heavy (non-hydrogen) atoms. The predicted molar refractivity (Wildman–Crippen MR) is 81.0 cm³/mol. The van der Waals surface area contributed by atoms with Crippen LogP contribution in [0.15, 0.2) is 24.3 Å². The molecule has 0 aliphatic rings. The Labute approximate surface area is 130 Å². The number of benzene rings is 1. The van der Waals surface area contributed by atoms with E-state index in [2.05, 4.69) is 5.32 Å². The molecule has 0 aliphatic carbocycles. The Bertz CT molecular complexity index is 486. The van der Waals surface area contributed by atoms with Crippen LogP contribution in [0.2, 0.25) is 0 Å². The van der Waals surface area contributed by atoms with Crippen LogP contribution in [-0.2, 0) is 20.7 Å². The maximum absolute atomic E-state index is 11.4. The van der Waals surface area contributed by atoms with E-state index in [0.717, 1.165) is 5.56 Å². The molecule has 3 N–H and O–H groups in total. The van der Waals surface area contributed by atoms with Crippen LogP contribution >= 0.6 is 0 Å². The van der Waals surface area contributed by atoms with Crippen molar-refractivity contribution in [2.24, 2.45) is 0 Å². The van der Waals surface area contributed by atoms with Gasteiger partial charge in [-0.25, -0.2) is 0 Å². The third-order valence-electron chi connectivity index (χ3n) is 3.15. The van der Waals surface area contributed by atoms with Crippen molar-refractivity contribution in [2.75, 3.05) is 13.2 Å². The number of hydrogen-bond acceptors (Lipinski definition) is 5. The molecule has 0 heterocycles. The van der Waals surface area contributed by atoms with E-state index in [1.165, 1.54) is 6.92 Å². The molecular formula is C16H23NO5. The Morgan fingerprint density at radius 1 is 1.23 bits per heavy atom. The molecule has 122 valence electrons. The lowest BCUT2D eigenvalue weighted by molar-refractivity contribution is -0.142. The highest BCUT2D eigenvalue weighted by Crippen LogP contribution is 2.19. The van der Waals surface area contributed by atoms with E-state index in [4.69, 9.17) is 4.74 Å². The quantitative estimate of drug-likeness (QED) is 0.615. The topological polar surface area (TPSA) is 95.9 Å². The number of aliphatic hydroxyl groups excluding tert-OH is 2. The van der Waals surface area contributed by atoms with Crippen LogP contribution in [0.3, 0.4) is 0 Å². The second-order valence-corrected chi connectivity index (χ2v) is 5.01. The van der Waals surface area contributed by atoms with E-state index in [1.807, 2.05) is 0 Å². The second kappa shape index (κ2) is 9.17. The Hall–Kier alpha value is -1.92. The summed E-state index contributed by atoms with van der Waals surface area (Å²) < 4.78 is 4.86. The average Bonchev–Trinajstić information content (AvgIpc) is 2.47. The SMILES string of the molecule is CCOC(=O)Cc1ccc(C(O)C(O)CCNC(C)=O)cc1. The fraction of sp³-hybridized carbons (Fsp3) is 0.500. The van der Waals surface area contributed by atoms with Crippen molar-refractivity contribution in [3.05, 3.63) is 35.4 Å². The molecule has 1 rings (SSSR count). The van der Waals surface area contributed by atoms with Gasteiger partial charge >= 0.3 is 5.97 Å². The lowest BCUT2D eigenvalue weighted by atomic mass is 10.00. The lowest BCUT2D eigenvalue weighted by Crippen LogP contribution is -2.27. The fourth-order valence-corrected chi connectivity index (χ4v) is 1.99. The van der Waals surface area contributed by atoms with Gasteiger partial charge in [0.25, 0.3) is 0 Å². The van der Waals surface area contributed by atoms with Crippen molar-refractivity contribution in [3.8, 4) is 0 Å². The van der Waals surface area contributed by atoms with Gasteiger partial charge < -0.3 is 20.3 Å². The van der Waals surface area contributed by atoms with Gasteiger partial charge in [-0.05, 0) is 24.5 Å². The molecule has 0 saturated heterocycles. The summed E-state index contributed by atoms with van der Waals surface area (Å²) in [5.74, 6) is -0.476. The number of carbonyl (C=O) groups is 2. The number of rotatable bonds is 8. The van der Waals surface area contributed by atoms with Crippen LogP contribution in [0.4, 0.5) is 0 Å². The zero-order valence-electron chi connectivity index (χ0n) is 12.9. The second-order valence-electron chi connectivity index (χ2n) is 5.01. The zero-order chi connectivity index (χ0) is 16.5. The largest absolute Gasteiger partial charge is 0.466 e. The van der Waals surface area contributed by atoms with Gasteiger partial charge in [-0.1, -0.05) is 24.3 Å². The van der Waals surface area contributed by atoms with E-state index in [-0.39, 0.29) is 24.7 Å². The van der Waals surface area contributed by atoms with Crippen LogP contribution < -0.4 is 5.32 Å². The molecule has 0 aliphatic heterocycles. The smallest absolute Gasteiger partial charge is 0.310 e. The van der Waals surface area contributed by atoms with E-state index in [0.29, 0.717) is 18.7 Å². The van der Waals surface area contributed by atoms with Gasteiger partial charge in [0, 0.05) is 13.5 Å². The predicted octanol–water partition coefficient (Wildman–Crippen LogP) is 0.713. The van der Waals surface area contributed by atoms with Gasteiger partial charge in [0.05, 0.1) is 19.1 Å². The molecule has 2 atom stereocenters. The van der Waals surface area contributed by atoms with E-state index >= 15 is 0 Å². The molecule has 2 unspecified atom stereocenters. The van der Waals surface area contributed by atoms with Crippen LogP contribution in [0, 0.1) is 0 Å². The van der Waals surface area contributed by atoms with Gasteiger partial charge in [-0.3, -0.25) is 9.59 Å². The van der Waals surface area contributed by atoms with Gasteiger partial charge in [0.15, 0.2) is 0 Å². The van der Waals surface area contributed by atoms with E-state index in [9.17, 15) is 19.8 Å². The summed E-state index contributed by atoms with van der Waals surface area (Å²) in [6.07, 6.45) is -1.58. The molecule has 0 bridgehead atoms. The number of amides is 1. The number of carbonyl (C=O) groups excluding carboxylic acids is 2. The summed E-state index contributed by atoms with van der Waals surface area (Å²) in [5.41, 5.74) is 1.34. The summed E-state index contributed by atoms with van der Waals surface area (Å²) in [5, 5.41) is 22.5. The maximum Gasteiger partial charge on any atom is 0.310 e. The van der Waals surface area contributed by atoms with Crippen LogP contribution in [0.1, 0.15) is 37.5 Å². The first-order valence-electron chi connectivity index (χ1n) is 7.29. The van der Waals surface area contributed by atoms with Crippen molar-refractivity contribution in [1.82, 2.24) is 5.32 Å². The highest BCUT2D eigenvalue weighted by molar-refractivity contribution is 5.73. The van der Waals surface area contributed by atoms with Gasteiger partial charge in [0.1, 0.15) is 6.10 Å². The highest BCUT2D eigenvalue weighted by Gasteiger charge is 2.18. The minimum Gasteiger partial charge on any atom is -0.466 e. The molecule has 0 aromatic heterocycles. The molecule has 0 saturated carbocycles. The first-order valence-corrected chi connectivity index (χ1v) is 7.29. The summed E-state index contributed by atoms with van der Waals surface area (Å²) >= 11 is 0. The maximum atomic E-state index is 11.4. The Morgan fingerprint density at radius 3 is 2.41 bits per heavy atom. The van der Waals surface area contributed by atoms with E-state index < -0.39 is 12.2 Å². The molecule has 1 aromatic rings. The molecule has 0 fully saturated rings. The fourth-order valence-electron chi connectivity index (χ4n) is 1.99. The summed E-state index contributed by atoms with van der Waals surface area (Å²) in [6, 6.07) is 6.77. The van der Waals surface area contributed by atoms with Gasteiger partial charge in [-0.15, -0.1) is 0 Å². The van der Waals surface area contributed by atoms with Gasteiger partial charge in [-0.2, -0.15) is 0 Å². The normalized spacial score (nSPS) is 13.3. The van der Waals surface area contributed by atoms with E-state index in [1.54, 1.807) is 31.2 Å². The van der Waals surface area contributed by atoms with Crippen LogP contribution in [0.25, 0.3) is 0 Å². The molecule has 0 spiro atoms. The standard InChI is InChI=1S/C16H23NO5/c1-3-22-15(20)10-12-4-6-13(7-5-12)16(21)14(19)8-9-17-11(2)18/h4-7,14,16,19,21H,3,8-10H2,1-2H3,(H,17,18). The monoisotopic (exact) mass is 309 g/mol. The number of aliphatic hydroxyl groups is 2. The number of nitrogens with one attached hydrogen (secondary N) is 1. The lowest BCUT2D eigenvalue weighted by Gasteiger charge is -2.18. The number of esters is 1. The van der Waals surface area contributed by atoms with Crippen molar-refractivity contribution >= 4 is 11.9 Å². The average molecular weight is 309 g/mol. The molecule has 1 aromatic carbocycles. The van der Waals surface area contributed by atoms with Crippen LogP contribution in [0.5, 0.6) is 0 Å². The summed E-state index contributed by atoms with van der Waals surface area (Å²) in [7, 11) is 0. The van der Waals surface area contributed by atoms with Crippen LogP contribution in [-0.4, -0.2) is 41.3 Å². The molecule has 6 heteroatoms. The van der Waals surface area contributed by atoms with Gasteiger partial charge in [0.2, 0.25) is 5.91 Å². The zero-order valence-corrected chi connectivity index (χ0v) is 12.9. The number of hydrogen-bond donors (Lipinski definition) is 3. The molecule has 1 amide bonds. The first kappa shape index (κ1) is 18.1. The summed E-state index contributed by atoms with van der Waals surface area (Å²) in [6.45, 7) is 3.79. The third-order valence-corrected chi connectivity index (χ3v) is 3.15. The summed E-state index contributed by atoms with van der Waals surface area (Å²) in [4.78, 5) is 22.1. The van der Waals surface area contributed by atoms with Crippen molar-refractivity contribution < 1.29 is 24.5 Å². The third kappa shape index (κ3) is 6.24. The molecule has 6 nitrogen and oxygen atoms in total. The highest BCUT2D eigenvalue weighted by atomic mass is 16.5. The minimum atomic E-state index is -1.04. The number of ether oxygens (including phenoxy) is 1. The Morgan fingerprint density at radius 2 is 1.86 bits per heavy atom.